The second-order valence-corrected chi connectivity index (χ2v) is 7.20. The number of halogens is 1. The van der Waals surface area contributed by atoms with Gasteiger partial charge in [0.15, 0.2) is 6.61 Å². The molecule has 134 valence electrons. The van der Waals surface area contributed by atoms with Crippen molar-refractivity contribution in [3.8, 4) is 5.75 Å². The molecule has 3 nitrogen and oxygen atoms in total. The predicted molar refractivity (Wildman–Crippen MR) is 103 cm³/mol. The van der Waals surface area contributed by atoms with E-state index in [4.69, 9.17) is 16.3 Å². The third kappa shape index (κ3) is 5.79. The Labute approximate surface area is 155 Å². The lowest BCUT2D eigenvalue weighted by molar-refractivity contribution is -0.124. The van der Waals surface area contributed by atoms with Crippen LogP contribution in [0.5, 0.6) is 5.75 Å². The van der Waals surface area contributed by atoms with Crippen LogP contribution < -0.4 is 10.1 Å². The van der Waals surface area contributed by atoms with Crippen LogP contribution in [0.2, 0.25) is 5.02 Å². The van der Waals surface area contributed by atoms with E-state index in [0.717, 1.165) is 28.1 Å². The molecule has 0 saturated carbocycles. The summed E-state index contributed by atoms with van der Waals surface area (Å²) in [5, 5.41) is 3.82. The number of rotatable bonds is 7. The van der Waals surface area contributed by atoms with Gasteiger partial charge in [0.2, 0.25) is 0 Å². The van der Waals surface area contributed by atoms with Crippen molar-refractivity contribution in [2.75, 3.05) is 6.61 Å². The van der Waals surface area contributed by atoms with Gasteiger partial charge in [0.05, 0.1) is 6.04 Å². The van der Waals surface area contributed by atoms with Gasteiger partial charge in [-0.05, 0) is 55.0 Å². The Balaban J connectivity index is 1.99. The summed E-state index contributed by atoms with van der Waals surface area (Å²) in [5.74, 6) is 1.02. The van der Waals surface area contributed by atoms with Gasteiger partial charge in [-0.2, -0.15) is 0 Å². The third-order valence-electron chi connectivity index (χ3n) is 4.02. The first-order chi connectivity index (χ1) is 11.9. The van der Waals surface area contributed by atoms with E-state index in [0.29, 0.717) is 11.7 Å². The summed E-state index contributed by atoms with van der Waals surface area (Å²) >= 11 is 6.16. The lowest BCUT2D eigenvalue weighted by atomic mass is 9.97. The molecule has 0 saturated heterocycles. The molecular weight excluding hydrogens is 334 g/mol. The summed E-state index contributed by atoms with van der Waals surface area (Å²) < 4.78 is 5.66. The van der Waals surface area contributed by atoms with Crippen LogP contribution >= 0.6 is 11.6 Å². The van der Waals surface area contributed by atoms with Gasteiger partial charge in [-0.25, -0.2) is 0 Å². The molecule has 0 aliphatic carbocycles. The summed E-state index contributed by atoms with van der Waals surface area (Å²) in [6, 6.07) is 13.7. The number of aryl methyl sites for hydroxylation is 2. The largest absolute Gasteiger partial charge is 0.484 e. The molecule has 2 aromatic rings. The topological polar surface area (TPSA) is 38.3 Å². The maximum Gasteiger partial charge on any atom is 0.258 e. The lowest BCUT2D eigenvalue weighted by Gasteiger charge is -2.21. The van der Waals surface area contributed by atoms with E-state index in [-0.39, 0.29) is 18.6 Å². The lowest BCUT2D eigenvalue weighted by Crippen LogP contribution is -2.33. The monoisotopic (exact) mass is 359 g/mol. The average molecular weight is 360 g/mol. The van der Waals surface area contributed by atoms with Crippen LogP contribution in [0.15, 0.2) is 42.5 Å². The normalized spacial score (nSPS) is 12.1. The van der Waals surface area contributed by atoms with Crippen LogP contribution in [0, 0.1) is 19.8 Å². The molecule has 0 aliphatic rings. The van der Waals surface area contributed by atoms with Crippen LogP contribution in [0.25, 0.3) is 0 Å². The zero-order valence-electron chi connectivity index (χ0n) is 15.3. The van der Waals surface area contributed by atoms with E-state index >= 15 is 0 Å². The van der Waals surface area contributed by atoms with Crippen molar-refractivity contribution in [2.24, 2.45) is 5.92 Å². The van der Waals surface area contributed by atoms with Crippen molar-refractivity contribution in [3.05, 3.63) is 64.2 Å². The highest BCUT2D eigenvalue weighted by atomic mass is 35.5. The second kappa shape index (κ2) is 8.91. The fraction of sp³-hybridized carbons (Fsp3) is 0.381. The van der Waals surface area contributed by atoms with E-state index in [2.05, 4.69) is 19.2 Å². The van der Waals surface area contributed by atoms with E-state index in [1.54, 1.807) is 0 Å². The molecular formula is C21H26ClNO2. The molecule has 0 fully saturated rings. The van der Waals surface area contributed by atoms with Gasteiger partial charge in [-0.1, -0.05) is 55.8 Å². The van der Waals surface area contributed by atoms with Crippen LogP contribution in [0.3, 0.4) is 0 Å². The Morgan fingerprint density at radius 1 is 1.12 bits per heavy atom. The first-order valence-corrected chi connectivity index (χ1v) is 8.98. The van der Waals surface area contributed by atoms with E-state index < -0.39 is 0 Å². The van der Waals surface area contributed by atoms with Gasteiger partial charge >= 0.3 is 0 Å². The molecule has 0 heterocycles. The number of carbonyl (C=O) groups is 1. The molecule has 0 bridgehead atoms. The number of amides is 1. The first-order valence-electron chi connectivity index (χ1n) is 8.60. The molecule has 0 radical (unpaired) electrons. The smallest absolute Gasteiger partial charge is 0.258 e. The number of carbonyl (C=O) groups excluding carboxylic acids is 1. The van der Waals surface area contributed by atoms with Crippen LogP contribution in [-0.4, -0.2) is 12.5 Å². The molecule has 1 atom stereocenters. The number of hydrogen-bond donors (Lipinski definition) is 1. The molecule has 1 N–H and O–H groups in total. The highest BCUT2D eigenvalue weighted by Crippen LogP contribution is 2.26. The zero-order chi connectivity index (χ0) is 18.4. The van der Waals surface area contributed by atoms with Gasteiger partial charge in [0.1, 0.15) is 5.75 Å². The van der Waals surface area contributed by atoms with Crippen molar-refractivity contribution in [1.82, 2.24) is 5.32 Å². The molecule has 0 aliphatic heterocycles. The van der Waals surface area contributed by atoms with Crippen LogP contribution in [0.4, 0.5) is 0 Å². The van der Waals surface area contributed by atoms with E-state index in [1.807, 2.05) is 56.3 Å². The summed E-state index contributed by atoms with van der Waals surface area (Å²) in [7, 11) is 0. The van der Waals surface area contributed by atoms with Crippen LogP contribution in [-0.2, 0) is 4.79 Å². The second-order valence-electron chi connectivity index (χ2n) is 6.82. The first kappa shape index (κ1) is 19.3. The van der Waals surface area contributed by atoms with Crippen molar-refractivity contribution in [3.63, 3.8) is 0 Å². The van der Waals surface area contributed by atoms with Gasteiger partial charge in [0.25, 0.3) is 5.91 Å². The SMILES string of the molecule is Cc1cc(OCC(=O)NC(CC(C)C)c2ccccc2)cc(C)c1Cl. The molecule has 2 rings (SSSR count). The predicted octanol–water partition coefficient (Wildman–Crippen LogP) is 5.24. The van der Waals surface area contributed by atoms with Crippen molar-refractivity contribution >= 4 is 17.5 Å². The molecule has 2 aromatic carbocycles. The quantitative estimate of drug-likeness (QED) is 0.734. The number of hydrogen-bond acceptors (Lipinski definition) is 2. The summed E-state index contributed by atoms with van der Waals surface area (Å²) in [6.07, 6.45) is 0.884. The minimum Gasteiger partial charge on any atom is -0.484 e. The van der Waals surface area contributed by atoms with E-state index in [1.165, 1.54) is 0 Å². The fourth-order valence-corrected chi connectivity index (χ4v) is 2.92. The summed E-state index contributed by atoms with van der Waals surface area (Å²) in [6.45, 7) is 8.14. The molecule has 4 heteroatoms. The molecule has 1 amide bonds. The molecule has 1 unspecified atom stereocenters. The number of ether oxygens (including phenoxy) is 1. The maximum absolute atomic E-state index is 12.4. The van der Waals surface area contributed by atoms with Crippen LogP contribution in [0.1, 0.15) is 43.0 Å². The Bertz CT molecular complexity index is 690. The Morgan fingerprint density at radius 3 is 2.28 bits per heavy atom. The van der Waals surface area contributed by atoms with Gasteiger partial charge in [-0.15, -0.1) is 0 Å². The highest BCUT2D eigenvalue weighted by molar-refractivity contribution is 6.32. The Hall–Kier alpha value is -2.00. The van der Waals surface area contributed by atoms with Gasteiger partial charge in [-0.3, -0.25) is 4.79 Å². The molecule has 0 spiro atoms. The Kier molecular flexibility index (Phi) is 6.89. The molecule has 25 heavy (non-hydrogen) atoms. The molecule has 0 aromatic heterocycles. The minimum absolute atomic E-state index is 0.00834. The zero-order valence-corrected chi connectivity index (χ0v) is 16.1. The summed E-state index contributed by atoms with van der Waals surface area (Å²) in [5.41, 5.74) is 3.00. The van der Waals surface area contributed by atoms with Crippen molar-refractivity contribution in [1.29, 1.82) is 0 Å². The fourth-order valence-electron chi connectivity index (χ4n) is 2.81. The highest BCUT2D eigenvalue weighted by Gasteiger charge is 2.16. The van der Waals surface area contributed by atoms with Gasteiger partial charge in [0, 0.05) is 5.02 Å². The van der Waals surface area contributed by atoms with E-state index in [9.17, 15) is 4.79 Å². The number of nitrogens with one attached hydrogen (secondary N) is 1. The summed E-state index contributed by atoms with van der Waals surface area (Å²) in [4.78, 5) is 12.4. The van der Waals surface area contributed by atoms with Gasteiger partial charge < -0.3 is 10.1 Å². The van der Waals surface area contributed by atoms with Crippen molar-refractivity contribution < 1.29 is 9.53 Å². The maximum atomic E-state index is 12.4. The minimum atomic E-state index is -0.125. The average Bonchev–Trinajstić information content (AvgIpc) is 2.57. The third-order valence-corrected chi connectivity index (χ3v) is 4.62. The number of benzene rings is 2. The van der Waals surface area contributed by atoms with Crippen molar-refractivity contribution in [2.45, 2.75) is 40.2 Å². The standard InChI is InChI=1S/C21H26ClNO2/c1-14(2)10-19(17-8-6-5-7-9-17)23-20(24)13-25-18-11-15(3)21(22)16(4)12-18/h5-9,11-12,14,19H,10,13H2,1-4H3,(H,23,24). The Morgan fingerprint density at radius 2 is 1.72 bits per heavy atom.